The Hall–Kier alpha value is -2.60. The van der Waals surface area contributed by atoms with Crippen molar-refractivity contribution in [2.45, 2.75) is 18.9 Å². The Labute approximate surface area is 143 Å². The predicted molar refractivity (Wildman–Crippen MR) is 94.0 cm³/mol. The minimum absolute atomic E-state index is 0.0876. The van der Waals surface area contributed by atoms with Gasteiger partial charge in [-0.1, -0.05) is 29.8 Å². The lowest BCUT2D eigenvalue weighted by atomic mass is 10.1. The number of halogens is 1. The average molecular weight is 342 g/mol. The van der Waals surface area contributed by atoms with Crippen LogP contribution in [-0.4, -0.2) is 33.4 Å². The first-order valence-electron chi connectivity index (χ1n) is 7.83. The highest BCUT2D eigenvalue weighted by Gasteiger charge is 2.19. The van der Waals surface area contributed by atoms with Crippen LogP contribution >= 0.6 is 11.6 Å². The molecule has 0 radical (unpaired) electrons. The summed E-state index contributed by atoms with van der Waals surface area (Å²) in [5.74, 6) is 0.602. The van der Waals surface area contributed by atoms with Crippen LogP contribution in [0.3, 0.4) is 0 Å². The van der Waals surface area contributed by atoms with E-state index in [1.807, 2.05) is 30.5 Å². The van der Waals surface area contributed by atoms with E-state index >= 15 is 0 Å². The molecule has 1 fully saturated rings. The molecule has 3 aromatic rings. The maximum atomic E-state index is 11.2. The van der Waals surface area contributed by atoms with Crippen molar-refractivity contribution in [1.82, 2.24) is 20.3 Å². The van der Waals surface area contributed by atoms with E-state index in [4.69, 9.17) is 11.6 Å². The maximum absolute atomic E-state index is 11.2. The molecule has 6 nitrogen and oxygen atoms in total. The summed E-state index contributed by atoms with van der Waals surface area (Å²) in [5, 5.41) is 7.68. The van der Waals surface area contributed by atoms with Gasteiger partial charge >= 0.3 is 0 Å². The number of carbonyl (C=O) groups is 1. The topological polar surface area (TPSA) is 82.7 Å². The van der Waals surface area contributed by atoms with Crippen molar-refractivity contribution in [3.63, 3.8) is 0 Å². The van der Waals surface area contributed by atoms with Crippen LogP contribution in [0.2, 0.25) is 5.02 Å². The van der Waals surface area contributed by atoms with Crippen LogP contribution in [0.5, 0.6) is 0 Å². The highest BCUT2D eigenvalue weighted by atomic mass is 35.5. The van der Waals surface area contributed by atoms with Crippen molar-refractivity contribution >= 4 is 34.4 Å². The van der Waals surface area contributed by atoms with Crippen molar-refractivity contribution in [2.24, 2.45) is 0 Å². The molecule has 0 aliphatic carbocycles. The lowest BCUT2D eigenvalue weighted by Gasteiger charge is -2.23. The summed E-state index contributed by atoms with van der Waals surface area (Å²) < 4.78 is 0. The van der Waals surface area contributed by atoms with E-state index in [0.29, 0.717) is 29.6 Å². The third kappa shape index (κ3) is 2.80. The molecule has 1 aliphatic rings. The number of hydrogen-bond donors (Lipinski definition) is 3. The van der Waals surface area contributed by atoms with Gasteiger partial charge in [0.2, 0.25) is 11.9 Å². The first-order valence-corrected chi connectivity index (χ1v) is 8.21. The van der Waals surface area contributed by atoms with Crippen LogP contribution in [0.4, 0.5) is 5.95 Å². The predicted octanol–water partition coefficient (Wildman–Crippen LogP) is 2.97. The van der Waals surface area contributed by atoms with Gasteiger partial charge in [0, 0.05) is 41.7 Å². The van der Waals surface area contributed by atoms with Crippen molar-refractivity contribution in [3.8, 4) is 11.3 Å². The molecule has 1 atom stereocenters. The molecule has 3 heterocycles. The van der Waals surface area contributed by atoms with E-state index in [2.05, 4.69) is 25.6 Å². The summed E-state index contributed by atoms with van der Waals surface area (Å²) >= 11 is 6.33. The quantitative estimate of drug-likeness (QED) is 0.684. The second-order valence-electron chi connectivity index (χ2n) is 5.82. The third-order valence-corrected chi connectivity index (χ3v) is 4.46. The molecule has 1 aliphatic heterocycles. The minimum atomic E-state index is 0.0876. The monoisotopic (exact) mass is 341 g/mol. The van der Waals surface area contributed by atoms with Gasteiger partial charge in [0.1, 0.15) is 0 Å². The lowest BCUT2D eigenvalue weighted by molar-refractivity contribution is -0.122. The number of aromatic amines is 1. The number of benzene rings is 1. The first kappa shape index (κ1) is 15.0. The molecule has 24 heavy (non-hydrogen) atoms. The molecule has 1 amide bonds. The number of nitrogens with zero attached hydrogens (tertiary/aromatic N) is 2. The van der Waals surface area contributed by atoms with Gasteiger partial charge in [0.05, 0.1) is 16.9 Å². The van der Waals surface area contributed by atoms with Gasteiger partial charge in [-0.2, -0.15) is 0 Å². The van der Waals surface area contributed by atoms with Crippen LogP contribution in [-0.2, 0) is 4.79 Å². The van der Waals surface area contributed by atoms with Gasteiger partial charge in [0.25, 0.3) is 0 Å². The fraction of sp³-hybridized carbons (Fsp3) is 0.235. The molecule has 2 aromatic heterocycles. The van der Waals surface area contributed by atoms with E-state index in [1.54, 1.807) is 6.20 Å². The van der Waals surface area contributed by atoms with Gasteiger partial charge in [-0.05, 0) is 12.5 Å². The minimum Gasteiger partial charge on any atom is -0.360 e. The number of piperidine rings is 1. The molecule has 1 saturated heterocycles. The van der Waals surface area contributed by atoms with Crippen molar-refractivity contribution < 1.29 is 4.79 Å². The smallest absolute Gasteiger partial charge is 0.223 e. The zero-order valence-corrected chi connectivity index (χ0v) is 13.6. The number of rotatable bonds is 3. The fourth-order valence-electron chi connectivity index (χ4n) is 2.93. The summed E-state index contributed by atoms with van der Waals surface area (Å²) in [7, 11) is 0. The van der Waals surface area contributed by atoms with Gasteiger partial charge in [0.15, 0.2) is 0 Å². The van der Waals surface area contributed by atoms with Crippen molar-refractivity contribution in [3.05, 3.63) is 41.7 Å². The third-order valence-electron chi connectivity index (χ3n) is 4.19. The normalized spacial score (nSPS) is 17.7. The molecule has 0 spiro atoms. The van der Waals surface area contributed by atoms with Gasteiger partial charge in [-0.25, -0.2) is 9.97 Å². The van der Waals surface area contributed by atoms with Crippen LogP contribution in [0, 0.1) is 0 Å². The summed E-state index contributed by atoms with van der Waals surface area (Å²) in [6, 6.07) is 8.13. The number of H-pyrrole nitrogens is 1. The van der Waals surface area contributed by atoms with Gasteiger partial charge < -0.3 is 15.6 Å². The molecular weight excluding hydrogens is 326 g/mol. The Kier molecular flexibility index (Phi) is 3.82. The number of para-hydroxylation sites is 1. The van der Waals surface area contributed by atoms with Crippen LogP contribution in [0.1, 0.15) is 12.8 Å². The van der Waals surface area contributed by atoms with E-state index < -0.39 is 0 Å². The number of fused-ring (bicyclic) bond motifs is 1. The second-order valence-corrected chi connectivity index (χ2v) is 6.23. The number of anilines is 1. The van der Waals surface area contributed by atoms with Gasteiger partial charge in [-0.15, -0.1) is 0 Å². The molecular formula is C17H16ClN5O. The number of hydrogen-bond acceptors (Lipinski definition) is 4. The Morgan fingerprint density at radius 3 is 3.00 bits per heavy atom. The zero-order chi connectivity index (χ0) is 16.5. The number of aromatic nitrogens is 3. The SMILES string of the molecule is O=C1CC[C@H](Nc2ncc(Cl)c(-c3c[nH]c4ccccc34)n2)CN1. The fourth-order valence-corrected chi connectivity index (χ4v) is 3.12. The molecule has 1 aromatic carbocycles. The molecule has 3 N–H and O–H groups in total. The van der Waals surface area contributed by atoms with Crippen LogP contribution < -0.4 is 10.6 Å². The number of nitrogens with one attached hydrogen (secondary N) is 3. The first-order chi connectivity index (χ1) is 11.7. The standard InChI is InChI=1S/C17H16ClN5O/c18-13-9-21-17(22-10-5-6-15(24)20-7-10)23-16(13)12-8-19-14-4-2-1-3-11(12)14/h1-4,8-10,19H,5-7H2,(H,20,24)(H,21,22,23)/t10-/m0/s1. The molecule has 0 unspecified atom stereocenters. The Morgan fingerprint density at radius 2 is 2.17 bits per heavy atom. The Bertz CT molecular complexity index is 897. The summed E-state index contributed by atoms with van der Waals surface area (Å²) in [5.41, 5.74) is 2.66. The highest BCUT2D eigenvalue weighted by molar-refractivity contribution is 6.33. The van der Waals surface area contributed by atoms with Crippen molar-refractivity contribution in [2.75, 3.05) is 11.9 Å². The van der Waals surface area contributed by atoms with Crippen LogP contribution in [0.25, 0.3) is 22.2 Å². The van der Waals surface area contributed by atoms with E-state index in [9.17, 15) is 4.79 Å². The molecule has 0 saturated carbocycles. The molecule has 0 bridgehead atoms. The van der Waals surface area contributed by atoms with E-state index in [-0.39, 0.29) is 11.9 Å². The highest BCUT2D eigenvalue weighted by Crippen LogP contribution is 2.32. The lowest BCUT2D eigenvalue weighted by Crippen LogP contribution is -2.42. The Balaban J connectivity index is 1.65. The largest absolute Gasteiger partial charge is 0.360 e. The molecule has 4 rings (SSSR count). The number of amides is 1. The van der Waals surface area contributed by atoms with Crippen molar-refractivity contribution in [1.29, 1.82) is 0 Å². The van der Waals surface area contributed by atoms with Gasteiger partial charge in [-0.3, -0.25) is 4.79 Å². The van der Waals surface area contributed by atoms with Crippen LogP contribution in [0.15, 0.2) is 36.7 Å². The number of carbonyl (C=O) groups excluding carboxylic acids is 1. The second kappa shape index (κ2) is 6.13. The summed E-state index contributed by atoms with van der Waals surface area (Å²) in [6.45, 7) is 0.577. The van der Waals surface area contributed by atoms with E-state index in [0.717, 1.165) is 22.9 Å². The molecule has 7 heteroatoms. The molecule has 122 valence electrons. The summed E-state index contributed by atoms with van der Waals surface area (Å²) in [4.78, 5) is 23.3. The zero-order valence-electron chi connectivity index (χ0n) is 12.8. The Morgan fingerprint density at radius 1 is 1.29 bits per heavy atom. The average Bonchev–Trinajstić information content (AvgIpc) is 3.03. The summed E-state index contributed by atoms with van der Waals surface area (Å²) in [6.07, 6.45) is 4.79. The maximum Gasteiger partial charge on any atom is 0.223 e. The van der Waals surface area contributed by atoms with E-state index in [1.165, 1.54) is 0 Å².